The molecule has 1 aliphatic heterocycles. The number of hydrogen-bond acceptors (Lipinski definition) is 6. The number of rotatable bonds is 8. The van der Waals surface area contributed by atoms with Crippen LogP contribution < -0.4 is 10.1 Å². The number of carbonyl (C=O) groups excluding carboxylic acids is 1. The molecule has 1 aromatic carbocycles. The zero-order valence-corrected chi connectivity index (χ0v) is 16.9. The van der Waals surface area contributed by atoms with E-state index in [1.807, 2.05) is 30.7 Å². The first-order valence-corrected chi connectivity index (χ1v) is 10.1. The number of nitrogens with zero attached hydrogens (tertiary/aromatic N) is 4. The first kappa shape index (κ1) is 19.7. The molecule has 2 unspecified atom stereocenters. The average molecular weight is 390 g/mol. The molecule has 2 atom stereocenters. The van der Waals surface area contributed by atoms with Crippen molar-refractivity contribution in [1.82, 2.24) is 25.0 Å². The number of ether oxygens (including phenoxy) is 1. The summed E-state index contributed by atoms with van der Waals surface area (Å²) in [5.74, 6) is 0.859. The number of aromatic nitrogens is 3. The van der Waals surface area contributed by atoms with Gasteiger partial charge in [-0.15, -0.1) is 10.2 Å². The Morgan fingerprint density at radius 2 is 2.00 bits per heavy atom. The number of nitrogens with one attached hydrogen (secondary N) is 1. The monoisotopic (exact) mass is 389 g/mol. The molecule has 1 amide bonds. The lowest BCUT2D eigenvalue weighted by atomic mass is 10.1. The summed E-state index contributed by atoms with van der Waals surface area (Å²) in [4.78, 5) is 15.1. The second-order valence-corrected chi connectivity index (χ2v) is 8.07. The fourth-order valence-corrected chi connectivity index (χ4v) is 4.08. The van der Waals surface area contributed by atoms with Crippen molar-refractivity contribution in [2.75, 3.05) is 26.7 Å². The summed E-state index contributed by atoms with van der Waals surface area (Å²) in [6.45, 7) is 4.62. The molecule has 1 aliphatic rings. The molecule has 2 aromatic rings. The minimum atomic E-state index is -0.233. The molecule has 2 heterocycles. The molecule has 0 spiro atoms. The Hall–Kier alpha value is -2.06. The summed E-state index contributed by atoms with van der Waals surface area (Å²) in [5, 5.41) is 11.5. The summed E-state index contributed by atoms with van der Waals surface area (Å²) in [7, 11) is 3.55. The van der Waals surface area contributed by atoms with Gasteiger partial charge in [0.25, 0.3) is 0 Å². The van der Waals surface area contributed by atoms with Crippen LogP contribution in [0.25, 0.3) is 0 Å². The third-order valence-corrected chi connectivity index (χ3v) is 6.02. The molecule has 1 aromatic heterocycles. The van der Waals surface area contributed by atoms with Crippen molar-refractivity contribution < 1.29 is 9.53 Å². The molecule has 146 valence electrons. The molecule has 3 rings (SSSR count). The number of amides is 1. The lowest BCUT2D eigenvalue weighted by Gasteiger charge is -2.28. The third kappa shape index (κ3) is 5.01. The van der Waals surface area contributed by atoms with E-state index in [9.17, 15) is 4.79 Å². The van der Waals surface area contributed by atoms with Crippen LogP contribution in [0.1, 0.15) is 31.4 Å². The predicted octanol–water partition coefficient (Wildman–Crippen LogP) is 2.26. The number of methoxy groups -OCH3 is 1. The lowest BCUT2D eigenvalue weighted by Crippen LogP contribution is -2.39. The Bertz CT molecular complexity index is 743. The van der Waals surface area contributed by atoms with Gasteiger partial charge in [-0.25, -0.2) is 0 Å². The maximum Gasteiger partial charge on any atom is 0.233 e. The Kier molecular flexibility index (Phi) is 6.73. The molecule has 27 heavy (non-hydrogen) atoms. The highest BCUT2D eigenvalue weighted by Crippen LogP contribution is 2.26. The summed E-state index contributed by atoms with van der Waals surface area (Å²) in [6.07, 6.45) is 4.05. The minimum Gasteiger partial charge on any atom is -0.497 e. The van der Waals surface area contributed by atoms with Gasteiger partial charge in [-0.05, 0) is 50.6 Å². The van der Waals surface area contributed by atoms with Crippen molar-refractivity contribution in [3.8, 4) is 5.75 Å². The second-order valence-electron chi connectivity index (χ2n) is 6.76. The number of benzene rings is 1. The highest BCUT2D eigenvalue weighted by atomic mass is 32.2. The van der Waals surface area contributed by atoms with Gasteiger partial charge >= 0.3 is 0 Å². The maximum atomic E-state index is 12.6. The SMILES string of the molecule is COc1ccc(C(CNC(=O)C(C)Sc2nncn2C)N2CCCC2)cc1. The molecule has 1 saturated heterocycles. The number of thioether (sulfide) groups is 1. The van der Waals surface area contributed by atoms with Gasteiger partial charge in [-0.1, -0.05) is 23.9 Å². The topological polar surface area (TPSA) is 72.3 Å². The van der Waals surface area contributed by atoms with Crippen LogP contribution in [-0.4, -0.2) is 57.6 Å². The van der Waals surface area contributed by atoms with Crippen LogP contribution in [0.3, 0.4) is 0 Å². The predicted molar refractivity (Wildman–Crippen MR) is 106 cm³/mol. The Morgan fingerprint density at radius 3 is 2.59 bits per heavy atom. The molecule has 0 bridgehead atoms. The standard InChI is InChI=1S/C19H27N5O2S/c1-14(27-19-22-21-13-23(19)2)18(25)20-12-17(24-10-4-5-11-24)15-6-8-16(26-3)9-7-15/h6-9,13-14,17H,4-5,10-12H2,1-3H3,(H,20,25). The van der Waals surface area contributed by atoms with Gasteiger partial charge in [0.15, 0.2) is 5.16 Å². The van der Waals surface area contributed by atoms with Crippen LogP contribution in [0.5, 0.6) is 5.75 Å². The number of hydrogen-bond donors (Lipinski definition) is 1. The Morgan fingerprint density at radius 1 is 1.30 bits per heavy atom. The van der Waals surface area contributed by atoms with Crippen LogP contribution in [0, 0.1) is 0 Å². The van der Waals surface area contributed by atoms with Gasteiger partial charge < -0.3 is 14.6 Å². The summed E-state index contributed by atoms with van der Waals surface area (Å²) in [6, 6.07) is 8.31. The second kappa shape index (κ2) is 9.23. The Labute approximate surface area is 164 Å². The zero-order valence-electron chi connectivity index (χ0n) is 16.1. The summed E-state index contributed by atoms with van der Waals surface area (Å²) in [5.41, 5.74) is 1.20. The largest absolute Gasteiger partial charge is 0.497 e. The molecule has 1 fully saturated rings. The Balaban J connectivity index is 1.63. The first-order valence-electron chi connectivity index (χ1n) is 9.25. The van der Waals surface area contributed by atoms with Crippen molar-refractivity contribution in [2.24, 2.45) is 7.05 Å². The smallest absolute Gasteiger partial charge is 0.233 e. The van der Waals surface area contributed by atoms with E-state index in [2.05, 4.69) is 32.5 Å². The van der Waals surface area contributed by atoms with Crippen LogP contribution in [0.4, 0.5) is 0 Å². The average Bonchev–Trinajstić information content (AvgIpc) is 3.35. The van der Waals surface area contributed by atoms with Gasteiger partial charge in [-0.3, -0.25) is 9.69 Å². The van der Waals surface area contributed by atoms with Crippen LogP contribution in [0.15, 0.2) is 35.7 Å². The van der Waals surface area contributed by atoms with Crippen molar-refractivity contribution in [1.29, 1.82) is 0 Å². The van der Waals surface area contributed by atoms with Crippen LogP contribution in [0.2, 0.25) is 0 Å². The van der Waals surface area contributed by atoms with Crippen molar-refractivity contribution >= 4 is 17.7 Å². The first-order chi connectivity index (χ1) is 13.1. The maximum absolute atomic E-state index is 12.6. The van der Waals surface area contributed by atoms with Crippen molar-refractivity contribution in [3.05, 3.63) is 36.2 Å². The lowest BCUT2D eigenvalue weighted by molar-refractivity contribution is -0.120. The molecule has 0 aliphatic carbocycles. The molecule has 0 saturated carbocycles. The molecular formula is C19H27N5O2S. The normalized spacial score (nSPS) is 16.9. The zero-order chi connectivity index (χ0) is 19.2. The van der Waals surface area contributed by atoms with E-state index in [0.717, 1.165) is 24.0 Å². The van der Waals surface area contributed by atoms with Gasteiger partial charge in [-0.2, -0.15) is 0 Å². The highest BCUT2D eigenvalue weighted by Gasteiger charge is 2.25. The third-order valence-electron chi connectivity index (χ3n) is 4.87. The van der Waals surface area contributed by atoms with E-state index in [-0.39, 0.29) is 17.2 Å². The summed E-state index contributed by atoms with van der Waals surface area (Å²) < 4.78 is 7.08. The molecule has 8 heteroatoms. The fraction of sp³-hybridized carbons (Fsp3) is 0.526. The molecule has 0 radical (unpaired) electrons. The fourth-order valence-electron chi connectivity index (χ4n) is 3.27. The highest BCUT2D eigenvalue weighted by molar-refractivity contribution is 8.00. The van der Waals surface area contributed by atoms with Crippen LogP contribution >= 0.6 is 11.8 Å². The molecule has 1 N–H and O–H groups in total. The summed E-state index contributed by atoms with van der Waals surface area (Å²) >= 11 is 1.42. The van der Waals surface area contributed by atoms with E-state index >= 15 is 0 Å². The van der Waals surface area contributed by atoms with Crippen LogP contribution in [-0.2, 0) is 11.8 Å². The van der Waals surface area contributed by atoms with Gasteiger partial charge in [0, 0.05) is 13.6 Å². The van der Waals surface area contributed by atoms with Gasteiger partial charge in [0.05, 0.1) is 18.4 Å². The minimum absolute atomic E-state index is 0.0145. The number of carbonyl (C=O) groups is 1. The van der Waals surface area contributed by atoms with E-state index in [1.165, 1.54) is 30.2 Å². The van der Waals surface area contributed by atoms with Crippen molar-refractivity contribution in [2.45, 2.75) is 36.2 Å². The molecular weight excluding hydrogens is 362 g/mol. The number of aryl methyl sites for hydroxylation is 1. The van der Waals surface area contributed by atoms with E-state index in [1.54, 1.807) is 13.4 Å². The van der Waals surface area contributed by atoms with E-state index < -0.39 is 0 Å². The van der Waals surface area contributed by atoms with Gasteiger partial charge in [0.2, 0.25) is 5.91 Å². The van der Waals surface area contributed by atoms with Gasteiger partial charge in [0.1, 0.15) is 12.1 Å². The quantitative estimate of drug-likeness (QED) is 0.698. The van der Waals surface area contributed by atoms with Crippen molar-refractivity contribution in [3.63, 3.8) is 0 Å². The molecule has 7 nitrogen and oxygen atoms in total. The van der Waals surface area contributed by atoms with E-state index in [4.69, 9.17) is 4.74 Å². The van der Waals surface area contributed by atoms with E-state index in [0.29, 0.717) is 6.54 Å². The number of likely N-dealkylation sites (tertiary alicyclic amines) is 1.